The summed E-state index contributed by atoms with van der Waals surface area (Å²) in [6.45, 7) is 3.29. The Morgan fingerprint density at radius 1 is 1.04 bits per heavy atom. The van der Waals surface area contributed by atoms with Gasteiger partial charge in [-0.2, -0.15) is 4.31 Å². The van der Waals surface area contributed by atoms with E-state index < -0.39 is 10.0 Å². The van der Waals surface area contributed by atoms with Crippen LogP contribution in [0.25, 0.3) is 0 Å². The summed E-state index contributed by atoms with van der Waals surface area (Å²) in [6.07, 6.45) is 4.85. The maximum absolute atomic E-state index is 13.1. The highest BCUT2D eigenvalue weighted by molar-refractivity contribution is 7.89. The van der Waals surface area contributed by atoms with Gasteiger partial charge in [-0.25, -0.2) is 8.42 Å². The SMILES string of the molecule is C[C@@H]1CCCCN1S(=O)(=O)c1cc2c3c(c1)CCN3C(=O)CC2. The van der Waals surface area contributed by atoms with Crippen LogP contribution in [0.5, 0.6) is 0 Å². The summed E-state index contributed by atoms with van der Waals surface area (Å²) in [7, 11) is -3.44. The number of aryl methyl sites for hydroxylation is 1. The largest absolute Gasteiger partial charge is 0.312 e. The molecule has 1 atom stereocenters. The molecule has 1 fully saturated rings. The molecule has 0 unspecified atom stereocenters. The molecule has 23 heavy (non-hydrogen) atoms. The van der Waals surface area contributed by atoms with Gasteiger partial charge in [-0.05, 0) is 55.9 Å². The quantitative estimate of drug-likeness (QED) is 0.832. The molecule has 0 radical (unpaired) electrons. The molecule has 4 rings (SSSR count). The van der Waals surface area contributed by atoms with E-state index in [-0.39, 0.29) is 11.9 Å². The molecule has 0 aromatic heterocycles. The van der Waals surface area contributed by atoms with Crippen LogP contribution in [0.3, 0.4) is 0 Å². The third-order valence-corrected chi connectivity index (χ3v) is 7.37. The second-order valence-corrected chi connectivity index (χ2v) is 8.74. The van der Waals surface area contributed by atoms with E-state index in [4.69, 9.17) is 0 Å². The number of anilines is 1. The van der Waals surface area contributed by atoms with Gasteiger partial charge in [0.2, 0.25) is 15.9 Å². The summed E-state index contributed by atoms with van der Waals surface area (Å²) in [4.78, 5) is 14.2. The first-order valence-electron chi connectivity index (χ1n) is 8.46. The Balaban J connectivity index is 1.78. The van der Waals surface area contributed by atoms with E-state index in [1.54, 1.807) is 16.4 Å². The Kier molecular flexibility index (Phi) is 3.50. The number of sulfonamides is 1. The van der Waals surface area contributed by atoms with Crippen LogP contribution < -0.4 is 4.90 Å². The van der Waals surface area contributed by atoms with Crippen molar-refractivity contribution in [1.29, 1.82) is 0 Å². The third-order valence-electron chi connectivity index (χ3n) is 5.37. The lowest BCUT2D eigenvalue weighted by atomic mass is 10.00. The number of rotatable bonds is 2. The Morgan fingerprint density at radius 3 is 2.52 bits per heavy atom. The van der Waals surface area contributed by atoms with E-state index in [0.29, 0.717) is 30.8 Å². The minimum atomic E-state index is -3.44. The molecule has 0 bridgehead atoms. The minimum Gasteiger partial charge on any atom is -0.312 e. The van der Waals surface area contributed by atoms with Gasteiger partial charge in [0.25, 0.3) is 0 Å². The van der Waals surface area contributed by atoms with Crippen LogP contribution in [0.4, 0.5) is 5.69 Å². The van der Waals surface area contributed by atoms with Gasteiger partial charge in [0, 0.05) is 25.6 Å². The summed E-state index contributed by atoms with van der Waals surface area (Å²) in [5.41, 5.74) is 3.01. The normalized spacial score (nSPS) is 24.8. The molecule has 0 saturated carbocycles. The Labute approximate surface area is 137 Å². The van der Waals surface area contributed by atoms with Gasteiger partial charge < -0.3 is 4.90 Å². The van der Waals surface area contributed by atoms with E-state index in [9.17, 15) is 13.2 Å². The van der Waals surface area contributed by atoms with Crippen LogP contribution in [0.2, 0.25) is 0 Å². The second-order valence-electron chi connectivity index (χ2n) is 6.85. The van der Waals surface area contributed by atoms with Crippen LogP contribution in [0.1, 0.15) is 43.7 Å². The molecule has 1 aromatic carbocycles. The number of nitrogens with zero attached hydrogens (tertiary/aromatic N) is 2. The maximum atomic E-state index is 13.1. The Morgan fingerprint density at radius 2 is 1.78 bits per heavy atom. The zero-order valence-electron chi connectivity index (χ0n) is 13.4. The molecule has 0 N–H and O–H groups in total. The average Bonchev–Trinajstić information content (AvgIpc) is 2.96. The molecule has 1 saturated heterocycles. The van der Waals surface area contributed by atoms with Gasteiger partial charge in [0.05, 0.1) is 10.6 Å². The van der Waals surface area contributed by atoms with Crippen LogP contribution in [0.15, 0.2) is 17.0 Å². The van der Waals surface area contributed by atoms with Gasteiger partial charge in [0.1, 0.15) is 0 Å². The van der Waals surface area contributed by atoms with Crippen molar-refractivity contribution in [3.8, 4) is 0 Å². The highest BCUT2D eigenvalue weighted by atomic mass is 32.2. The predicted octanol–water partition coefficient (Wildman–Crippen LogP) is 2.08. The van der Waals surface area contributed by atoms with E-state index in [1.165, 1.54) is 0 Å². The lowest BCUT2D eigenvalue weighted by molar-refractivity contribution is -0.118. The van der Waals surface area contributed by atoms with Gasteiger partial charge >= 0.3 is 0 Å². The summed E-state index contributed by atoms with van der Waals surface area (Å²) in [6, 6.07) is 3.67. The number of piperidine rings is 1. The van der Waals surface area contributed by atoms with Crippen molar-refractivity contribution >= 4 is 21.6 Å². The smallest absolute Gasteiger partial charge is 0.243 e. The molecule has 6 heteroatoms. The molecule has 0 aliphatic carbocycles. The highest BCUT2D eigenvalue weighted by Crippen LogP contribution is 2.39. The molecule has 3 aliphatic heterocycles. The molecule has 1 amide bonds. The lowest BCUT2D eigenvalue weighted by Gasteiger charge is -2.33. The molecule has 3 aliphatic rings. The van der Waals surface area contributed by atoms with E-state index in [0.717, 1.165) is 42.5 Å². The Bertz CT molecular complexity index is 772. The number of carbonyl (C=O) groups excluding carboxylic acids is 1. The van der Waals surface area contributed by atoms with Crippen molar-refractivity contribution in [2.45, 2.75) is 56.4 Å². The molecule has 3 heterocycles. The van der Waals surface area contributed by atoms with E-state index in [1.807, 2.05) is 11.8 Å². The van der Waals surface area contributed by atoms with Gasteiger partial charge in [0.15, 0.2) is 0 Å². The monoisotopic (exact) mass is 334 g/mol. The van der Waals surface area contributed by atoms with Crippen molar-refractivity contribution in [2.75, 3.05) is 18.0 Å². The molecular weight excluding hydrogens is 312 g/mol. The fourth-order valence-electron chi connectivity index (χ4n) is 4.14. The van der Waals surface area contributed by atoms with E-state index in [2.05, 4.69) is 0 Å². The van der Waals surface area contributed by atoms with Crippen molar-refractivity contribution in [2.24, 2.45) is 0 Å². The van der Waals surface area contributed by atoms with Crippen molar-refractivity contribution in [3.63, 3.8) is 0 Å². The number of carbonyl (C=O) groups is 1. The van der Waals surface area contributed by atoms with Crippen molar-refractivity contribution in [3.05, 3.63) is 23.3 Å². The minimum absolute atomic E-state index is 0.0661. The highest BCUT2D eigenvalue weighted by Gasteiger charge is 2.36. The first kappa shape index (κ1) is 15.1. The molecular formula is C17H22N2O3S. The zero-order chi connectivity index (χ0) is 16.2. The van der Waals surface area contributed by atoms with Gasteiger partial charge in [-0.15, -0.1) is 0 Å². The summed E-state index contributed by atoms with van der Waals surface area (Å²) in [5.74, 6) is 0.163. The third kappa shape index (κ3) is 2.31. The maximum Gasteiger partial charge on any atom is 0.243 e. The number of benzene rings is 1. The van der Waals surface area contributed by atoms with Crippen molar-refractivity contribution in [1.82, 2.24) is 4.31 Å². The molecule has 5 nitrogen and oxygen atoms in total. The average molecular weight is 334 g/mol. The second kappa shape index (κ2) is 5.31. The number of hydrogen-bond acceptors (Lipinski definition) is 3. The summed E-state index contributed by atoms with van der Waals surface area (Å²) < 4.78 is 27.8. The van der Waals surface area contributed by atoms with Gasteiger partial charge in [-0.1, -0.05) is 6.42 Å². The van der Waals surface area contributed by atoms with Crippen LogP contribution >= 0.6 is 0 Å². The lowest BCUT2D eigenvalue weighted by Crippen LogP contribution is -2.42. The fourth-order valence-corrected chi connectivity index (χ4v) is 5.94. The van der Waals surface area contributed by atoms with Crippen LogP contribution in [0, 0.1) is 0 Å². The van der Waals surface area contributed by atoms with Crippen LogP contribution in [-0.4, -0.2) is 37.8 Å². The summed E-state index contributed by atoms with van der Waals surface area (Å²) in [5, 5.41) is 0. The molecule has 0 spiro atoms. The number of amides is 1. The zero-order valence-corrected chi connectivity index (χ0v) is 14.2. The van der Waals surface area contributed by atoms with Gasteiger partial charge in [-0.3, -0.25) is 4.79 Å². The first-order chi connectivity index (χ1) is 11.0. The Hall–Kier alpha value is -1.40. The van der Waals surface area contributed by atoms with E-state index >= 15 is 0 Å². The summed E-state index contributed by atoms with van der Waals surface area (Å²) >= 11 is 0. The molecule has 1 aromatic rings. The topological polar surface area (TPSA) is 57.7 Å². The van der Waals surface area contributed by atoms with Crippen LogP contribution in [-0.2, 0) is 27.7 Å². The predicted molar refractivity (Wildman–Crippen MR) is 88.0 cm³/mol. The first-order valence-corrected chi connectivity index (χ1v) is 9.90. The van der Waals surface area contributed by atoms with Crippen molar-refractivity contribution < 1.29 is 13.2 Å². The molecule has 124 valence electrons. The number of hydrogen-bond donors (Lipinski definition) is 0. The fraction of sp³-hybridized carbons (Fsp3) is 0.588. The standard InChI is InChI=1S/C17H22N2O3S/c1-12-4-2-3-8-19(12)23(21,22)15-10-13-5-6-16(20)18-9-7-14(11-15)17(13)18/h10-12H,2-9H2,1H3/t12-/m1/s1.